The SMILES string of the molecule is Cc1ccc(NCC(C(C)C)C(C)C)c(C#N)c1. The van der Waals surface area contributed by atoms with Gasteiger partial charge in [0.25, 0.3) is 0 Å². The van der Waals surface area contributed by atoms with Gasteiger partial charge in [0, 0.05) is 6.54 Å². The molecule has 0 spiro atoms. The van der Waals surface area contributed by atoms with Crippen molar-refractivity contribution in [1.29, 1.82) is 5.26 Å². The Balaban J connectivity index is 2.77. The molecule has 18 heavy (non-hydrogen) atoms. The predicted molar refractivity (Wildman–Crippen MR) is 77.5 cm³/mol. The minimum Gasteiger partial charge on any atom is -0.384 e. The van der Waals surface area contributed by atoms with Crippen molar-refractivity contribution in [2.45, 2.75) is 34.6 Å². The highest BCUT2D eigenvalue weighted by atomic mass is 14.9. The van der Waals surface area contributed by atoms with E-state index < -0.39 is 0 Å². The Morgan fingerprint density at radius 2 is 1.78 bits per heavy atom. The van der Waals surface area contributed by atoms with Gasteiger partial charge in [0.15, 0.2) is 0 Å². The monoisotopic (exact) mass is 244 g/mol. The van der Waals surface area contributed by atoms with E-state index in [4.69, 9.17) is 5.26 Å². The molecule has 1 N–H and O–H groups in total. The van der Waals surface area contributed by atoms with E-state index >= 15 is 0 Å². The van der Waals surface area contributed by atoms with Gasteiger partial charge in [-0.2, -0.15) is 5.26 Å². The molecule has 0 saturated carbocycles. The minimum absolute atomic E-state index is 0.623. The molecule has 0 fully saturated rings. The average molecular weight is 244 g/mol. The van der Waals surface area contributed by atoms with E-state index in [1.165, 1.54) is 0 Å². The van der Waals surface area contributed by atoms with Crippen molar-refractivity contribution in [3.8, 4) is 6.07 Å². The highest BCUT2D eigenvalue weighted by Gasteiger charge is 2.17. The second-order valence-electron chi connectivity index (χ2n) is 5.69. The maximum atomic E-state index is 9.14. The molecule has 1 rings (SSSR count). The summed E-state index contributed by atoms with van der Waals surface area (Å²) in [5.74, 6) is 1.92. The van der Waals surface area contributed by atoms with Crippen molar-refractivity contribution < 1.29 is 0 Å². The van der Waals surface area contributed by atoms with E-state index in [2.05, 4.69) is 39.1 Å². The fraction of sp³-hybridized carbons (Fsp3) is 0.562. The molecule has 0 heterocycles. The summed E-state index contributed by atoms with van der Waals surface area (Å²) in [7, 11) is 0. The molecule has 0 aromatic heterocycles. The molecular weight excluding hydrogens is 220 g/mol. The van der Waals surface area contributed by atoms with Crippen molar-refractivity contribution in [3.05, 3.63) is 29.3 Å². The summed E-state index contributed by atoms with van der Waals surface area (Å²) in [5, 5.41) is 12.6. The zero-order valence-electron chi connectivity index (χ0n) is 12.1. The van der Waals surface area contributed by atoms with Gasteiger partial charge in [-0.05, 0) is 42.4 Å². The van der Waals surface area contributed by atoms with Crippen molar-refractivity contribution in [2.75, 3.05) is 11.9 Å². The lowest BCUT2D eigenvalue weighted by atomic mass is 9.85. The first-order valence-electron chi connectivity index (χ1n) is 6.70. The van der Waals surface area contributed by atoms with E-state index in [0.29, 0.717) is 17.8 Å². The number of hydrogen-bond acceptors (Lipinski definition) is 2. The molecule has 0 atom stereocenters. The van der Waals surface area contributed by atoms with Gasteiger partial charge >= 0.3 is 0 Å². The van der Waals surface area contributed by atoms with E-state index in [1.807, 2.05) is 25.1 Å². The zero-order valence-corrected chi connectivity index (χ0v) is 12.1. The lowest BCUT2D eigenvalue weighted by Crippen LogP contribution is -2.24. The summed E-state index contributed by atoms with van der Waals surface area (Å²) in [6, 6.07) is 8.24. The first-order chi connectivity index (χ1) is 8.45. The molecule has 2 heteroatoms. The summed E-state index contributed by atoms with van der Waals surface area (Å²) in [6.45, 7) is 12.0. The van der Waals surface area contributed by atoms with Gasteiger partial charge in [0.1, 0.15) is 6.07 Å². The number of nitriles is 1. The molecule has 0 radical (unpaired) electrons. The number of anilines is 1. The lowest BCUT2D eigenvalue weighted by Gasteiger charge is -2.25. The number of hydrogen-bond donors (Lipinski definition) is 1. The Labute approximate surface area is 111 Å². The summed E-state index contributed by atoms with van der Waals surface area (Å²) >= 11 is 0. The van der Waals surface area contributed by atoms with Crippen LogP contribution >= 0.6 is 0 Å². The van der Waals surface area contributed by atoms with Crippen LogP contribution < -0.4 is 5.32 Å². The van der Waals surface area contributed by atoms with Crippen LogP contribution in [0.3, 0.4) is 0 Å². The van der Waals surface area contributed by atoms with E-state index in [1.54, 1.807) is 0 Å². The van der Waals surface area contributed by atoms with Crippen molar-refractivity contribution >= 4 is 5.69 Å². The van der Waals surface area contributed by atoms with Gasteiger partial charge in [-0.1, -0.05) is 33.8 Å². The van der Waals surface area contributed by atoms with Crippen molar-refractivity contribution in [3.63, 3.8) is 0 Å². The van der Waals surface area contributed by atoms with Crippen LogP contribution in [0.15, 0.2) is 18.2 Å². The molecule has 0 saturated heterocycles. The second kappa shape index (κ2) is 6.44. The number of nitrogens with zero attached hydrogens (tertiary/aromatic N) is 1. The number of benzene rings is 1. The highest BCUT2D eigenvalue weighted by molar-refractivity contribution is 5.58. The normalized spacial score (nSPS) is 11.1. The van der Waals surface area contributed by atoms with E-state index in [9.17, 15) is 0 Å². The Kier molecular flexibility index (Phi) is 5.22. The van der Waals surface area contributed by atoms with Gasteiger partial charge in [0.2, 0.25) is 0 Å². The van der Waals surface area contributed by atoms with Gasteiger partial charge in [-0.25, -0.2) is 0 Å². The third-order valence-electron chi connectivity index (χ3n) is 3.54. The van der Waals surface area contributed by atoms with Gasteiger partial charge in [0.05, 0.1) is 11.3 Å². The summed E-state index contributed by atoms with van der Waals surface area (Å²) < 4.78 is 0. The molecule has 0 bridgehead atoms. The lowest BCUT2D eigenvalue weighted by molar-refractivity contribution is 0.304. The fourth-order valence-corrected chi connectivity index (χ4v) is 2.37. The Morgan fingerprint density at radius 1 is 1.17 bits per heavy atom. The number of rotatable bonds is 5. The fourth-order valence-electron chi connectivity index (χ4n) is 2.37. The molecule has 1 aromatic rings. The maximum absolute atomic E-state index is 9.14. The van der Waals surface area contributed by atoms with Crippen molar-refractivity contribution in [1.82, 2.24) is 0 Å². The van der Waals surface area contributed by atoms with Crippen molar-refractivity contribution in [2.24, 2.45) is 17.8 Å². The zero-order chi connectivity index (χ0) is 13.7. The van der Waals surface area contributed by atoms with Crippen LogP contribution in [0.2, 0.25) is 0 Å². The van der Waals surface area contributed by atoms with Crippen LogP contribution in [-0.4, -0.2) is 6.54 Å². The second-order valence-corrected chi connectivity index (χ2v) is 5.69. The molecule has 98 valence electrons. The van der Waals surface area contributed by atoms with Crippen LogP contribution in [0.25, 0.3) is 0 Å². The summed E-state index contributed by atoms with van der Waals surface area (Å²) in [4.78, 5) is 0. The predicted octanol–water partition coefficient (Wildman–Crippen LogP) is 4.21. The first kappa shape index (κ1) is 14.6. The van der Waals surface area contributed by atoms with Crippen LogP contribution in [0.1, 0.15) is 38.8 Å². The van der Waals surface area contributed by atoms with E-state index in [0.717, 1.165) is 23.4 Å². The molecule has 0 aliphatic heterocycles. The molecule has 0 aliphatic rings. The van der Waals surface area contributed by atoms with Crippen LogP contribution in [0.5, 0.6) is 0 Å². The highest BCUT2D eigenvalue weighted by Crippen LogP contribution is 2.23. The summed E-state index contributed by atoms with van der Waals surface area (Å²) in [6.07, 6.45) is 0. The molecule has 0 aliphatic carbocycles. The summed E-state index contributed by atoms with van der Waals surface area (Å²) in [5.41, 5.74) is 2.82. The first-order valence-corrected chi connectivity index (χ1v) is 6.70. The number of nitrogens with one attached hydrogen (secondary N) is 1. The molecule has 0 unspecified atom stereocenters. The van der Waals surface area contributed by atoms with E-state index in [-0.39, 0.29) is 0 Å². The third-order valence-corrected chi connectivity index (χ3v) is 3.54. The van der Waals surface area contributed by atoms with Gasteiger partial charge in [-0.3, -0.25) is 0 Å². The Hall–Kier alpha value is -1.49. The standard InChI is InChI=1S/C16H24N2/c1-11(2)15(12(3)4)10-18-16-7-6-13(5)8-14(16)9-17/h6-8,11-12,15,18H,10H2,1-5H3. The quantitative estimate of drug-likeness (QED) is 0.842. The van der Waals surface area contributed by atoms with Crippen LogP contribution in [0.4, 0.5) is 5.69 Å². The average Bonchev–Trinajstić information content (AvgIpc) is 2.30. The smallest absolute Gasteiger partial charge is 0.101 e. The number of aryl methyl sites for hydroxylation is 1. The maximum Gasteiger partial charge on any atom is 0.101 e. The van der Waals surface area contributed by atoms with Gasteiger partial charge in [-0.15, -0.1) is 0 Å². The van der Waals surface area contributed by atoms with Crippen LogP contribution in [-0.2, 0) is 0 Å². The topological polar surface area (TPSA) is 35.8 Å². The molecule has 2 nitrogen and oxygen atoms in total. The molecular formula is C16H24N2. The third kappa shape index (κ3) is 3.77. The molecule has 1 aromatic carbocycles. The Morgan fingerprint density at radius 3 is 2.28 bits per heavy atom. The minimum atomic E-state index is 0.623. The largest absolute Gasteiger partial charge is 0.384 e. The molecule has 0 amide bonds. The van der Waals surface area contributed by atoms with Crippen LogP contribution in [0, 0.1) is 36.0 Å². The van der Waals surface area contributed by atoms with Gasteiger partial charge < -0.3 is 5.32 Å². The Bertz CT molecular complexity index is 419.